The number of hydrogen-bond donors (Lipinski definition) is 0. The number of rotatable bonds is 6. The number of benzene rings is 2. The second-order valence-electron chi connectivity index (χ2n) is 8.81. The molecule has 0 saturated heterocycles. The van der Waals surface area contributed by atoms with Crippen molar-refractivity contribution in [3.05, 3.63) is 118 Å². The van der Waals surface area contributed by atoms with Crippen molar-refractivity contribution in [2.45, 2.75) is 26.8 Å². The molecule has 0 amide bonds. The van der Waals surface area contributed by atoms with Crippen molar-refractivity contribution in [2.75, 3.05) is 6.61 Å². The van der Waals surface area contributed by atoms with E-state index in [1.807, 2.05) is 0 Å². The molecule has 1 aliphatic rings. The molecule has 2 aromatic heterocycles. The van der Waals surface area contributed by atoms with Crippen molar-refractivity contribution in [3.8, 4) is 11.3 Å². The van der Waals surface area contributed by atoms with Gasteiger partial charge in [-0.15, -0.1) is 0 Å². The van der Waals surface area contributed by atoms with Gasteiger partial charge in [0.05, 0.1) is 33.4 Å². The molecule has 0 N–H and O–H groups in total. The number of aryl methyl sites for hydroxylation is 1. The Morgan fingerprint density at radius 1 is 1.21 bits per heavy atom. The van der Waals surface area contributed by atoms with Crippen molar-refractivity contribution in [3.63, 3.8) is 0 Å². The molecule has 0 aliphatic carbocycles. The lowest BCUT2D eigenvalue weighted by molar-refractivity contribution is -0.384. The molecule has 0 radical (unpaired) electrons. The number of nitrogens with zero attached hydrogens (tertiary/aromatic N) is 3. The number of furan rings is 1. The zero-order valence-corrected chi connectivity index (χ0v) is 22.0. The number of aromatic nitrogens is 1. The number of carbonyl (C=O) groups excluding carboxylic acids is 1. The van der Waals surface area contributed by atoms with Gasteiger partial charge >= 0.3 is 5.97 Å². The lowest BCUT2D eigenvalue weighted by Crippen LogP contribution is -2.39. The monoisotopic (exact) mass is 547 g/mol. The van der Waals surface area contributed by atoms with E-state index in [0.29, 0.717) is 43.2 Å². The van der Waals surface area contributed by atoms with Gasteiger partial charge < -0.3 is 9.15 Å². The summed E-state index contributed by atoms with van der Waals surface area (Å²) in [4.78, 5) is 42.1. The fraction of sp³-hybridized carbons (Fsp3) is 0.179. The van der Waals surface area contributed by atoms with Gasteiger partial charge in [-0.3, -0.25) is 19.5 Å². The van der Waals surface area contributed by atoms with Gasteiger partial charge in [-0.1, -0.05) is 23.5 Å². The van der Waals surface area contributed by atoms with Crippen LogP contribution < -0.4 is 14.9 Å². The molecule has 39 heavy (non-hydrogen) atoms. The predicted molar refractivity (Wildman–Crippen MR) is 142 cm³/mol. The number of hydrogen-bond acceptors (Lipinski definition) is 8. The summed E-state index contributed by atoms with van der Waals surface area (Å²) < 4.78 is 26.6. The first kappa shape index (κ1) is 26.0. The minimum absolute atomic E-state index is 0.0164. The lowest BCUT2D eigenvalue weighted by atomic mass is 9.96. The third-order valence-corrected chi connectivity index (χ3v) is 7.27. The third kappa shape index (κ3) is 4.84. The van der Waals surface area contributed by atoms with Crippen LogP contribution in [0.25, 0.3) is 17.4 Å². The molecule has 9 nitrogen and oxygen atoms in total. The number of nitro groups is 1. The summed E-state index contributed by atoms with van der Waals surface area (Å²) >= 11 is 1.14. The molecule has 198 valence electrons. The van der Waals surface area contributed by atoms with Crippen LogP contribution in [0.5, 0.6) is 0 Å². The number of halogens is 1. The first-order valence-electron chi connectivity index (χ1n) is 12.0. The van der Waals surface area contributed by atoms with Crippen molar-refractivity contribution < 1.29 is 23.3 Å². The standard InChI is InChI=1S/C28H22FN3O6S/c1-4-37-27(34)24-16(3)30-28-31(25(24)17-5-7-18(29)8-6-17)26(33)23(39-28)14-20-10-12-22(38-20)21-11-9-19(32(35)36)13-15(21)2/h5-14,25H,4H2,1-3H3/b23-14-. The van der Waals surface area contributed by atoms with Gasteiger partial charge in [0, 0.05) is 23.8 Å². The predicted octanol–water partition coefficient (Wildman–Crippen LogP) is 4.41. The van der Waals surface area contributed by atoms with E-state index >= 15 is 0 Å². The van der Waals surface area contributed by atoms with Crippen LogP contribution >= 0.6 is 11.3 Å². The van der Waals surface area contributed by atoms with Crippen LogP contribution in [0.1, 0.15) is 36.8 Å². The Balaban J connectivity index is 1.60. The van der Waals surface area contributed by atoms with Crippen molar-refractivity contribution in [1.82, 2.24) is 4.57 Å². The van der Waals surface area contributed by atoms with Crippen LogP contribution in [-0.2, 0) is 9.53 Å². The van der Waals surface area contributed by atoms with Crippen LogP contribution in [0, 0.1) is 22.9 Å². The van der Waals surface area contributed by atoms with Gasteiger partial charge in [0.25, 0.3) is 11.2 Å². The first-order chi connectivity index (χ1) is 18.7. The van der Waals surface area contributed by atoms with Crippen molar-refractivity contribution >= 4 is 29.1 Å². The molecule has 3 heterocycles. The smallest absolute Gasteiger partial charge is 0.338 e. The maximum Gasteiger partial charge on any atom is 0.338 e. The highest BCUT2D eigenvalue weighted by Crippen LogP contribution is 2.31. The van der Waals surface area contributed by atoms with E-state index in [1.54, 1.807) is 45.0 Å². The first-order valence-corrected chi connectivity index (χ1v) is 12.8. The Kier molecular flexibility index (Phi) is 6.83. The van der Waals surface area contributed by atoms with Crippen molar-refractivity contribution in [2.24, 2.45) is 4.99 Å². The molecule has 1 atom stereocenters. The quantitative estimate of drug-likeness (QED) is 0.201. The maximum atomic E-state index is 13.7. The van der Waals surface area contributed by atoms with Gasteiger partial charge in [0.1, 0.15) is 17.3 Å². The van der Waals surface area contributed by atoms with E-state index in [-0.39, 0.29) is 17.9 Å². The van der Waals surface area contributed by atoms with Crippen LogP contribution in [-0.4, -0.2) is 22.1 Å². The summed E-state index contributed by atoms with van der Waals surface area (Å²) in [5, 5.41) is 11.1. The zero-order valence-electron chi connectivity index (χ0n) is 21.1. The van der Waals surface area contributed by atoms with E-state index in [4.69, 9.17) is 9.15 Å². The SMILES string of the molecule is CCOC(=O)C1=C(C)N=c2s/c(=C\c3ccc(-c4ccc([N+](=O)[O-])cc4C)o3)c(=O)n2C1c1ccc(F)cc1. The molecule has 11 heteroatoms. The summed E-state index contributed by atoms with van der Waals surface area (Å²) in [6.07, 6.45) is 1.58. The summed E-state index contributed by atoms with van der Waals surface area (Å²) in [5.74, 6) is -0.156. The maximum absolute atomic E-state index is 13.7. The number of fused-ring (bicyclic) bond motifs is 1. The molecular weight excluding hydrogens is 525 g/mol. The third-order valence-electron chi connectivity index (χ3n) is 6.29. The molecule has 4 aromatic rings. The summed E-state index contributed by atoms with van der Waals surface area (Å²) in [6, 6.07) is 12.7. The summed E-state index contributed by atoms with van der Waals surface area (Å²) in [7, 11) is 0. The van der Waals surface area contributed by atoms with Gasteiger partial charge in [-0.25, -0.2) is 14.2 Å². The largest absolute Gasteiger partial charge is 0.463 e. The minimum atomic E-state index is -0.849. The normalized spacial score (nSPS) is 15.2. The molecule has 0 fully saturated rings. The Hall–Kier alpha value is -4.64. The molecule has 1 unspecified atom stereocenters. The van der Waals surface area contributed by atoms with Crippen LogP contribution in [0.3, 0.4) is 0 Å². The summed E-state index contributed by atoms with van der Waals surface area (Å²) in [5.41, 5.74) is 2.10. The molecule has 0 spiro atoms. The Morgan fingerprint density at radius 3 is 2.62 bits per heavy atom. The molecule has 0 bridgehead atoms. The van der Waals surface area contributed by atoms with Gasteiger partial charge in [-0.2, -0.15) is 0 Å². The van der Waals surface area contributed by atoms with E-state index in [0.717, 1.165) is 11.3 Å². The van der Waals surface area contributed by atoms with Crippen LogP contribution in [0.2, 0.25) is 0 Å². The fourth-order valence-corrected chi connectivity index (χ4v) is 5.52. The van der Waals surface area contributed by atoms with E-state index in [9.17, 15) is 24.1 Å². The average Bonchev–Trinajstić information content (AvgIpc) is 3.48. The fourth-order valence-electron chi connectivity index (χ4n) is 4.49. The number of carbonyl (C=O) groups is 1. The zero-order chi connectivity index (χ0) is 27.8. The molecule has 0 saturated carbocycles. The van der Waals surface area contributed by atoms with Crippen LogP contribution in [0.15, 0.2) is 80.1 Å². The van der Waals surface area contributed by atoms with Gasteiger partial charge in [0.2, 0.25) is 0 Å². The van der Waals surface area contributed by atoms with E-state index in [2.05, 4.69) is 4.99 Å². The van der Waals surface area contributed by atoms with Gasteiger partial charge in [0.15, 0.2) is 4.80 Å². The number of nitro benzene ring substituents is 1. The number of non-ortho nitro benzene ring substituents is 1. The Morgan fingerprint density at radius 2 is 1.95 bits per heavy atom. The molecule has 2 aromatic carbocycles. The Bertz CT molecular complexity index is 1830. The highest BCUT2D eigenvalue weighted by atomic mass is 32.1. The highest BCUT2D eigenvalue weighted by molar-refractivity contribution is 7.07. The average molecular weight is 548 g/mol. The topological polar surface area (TPSA) is 117 Å². The Labute approximate surface area is 225 Å². The summed E-state index contributed by atoms with van der Waals surface area (Å²) in [6.45, 7) is 5.25. The van der Waals surface area contributed by atoms with Crippen molar-refractivity contribution in [1.29, 1.82) is 0 Å². The number of esters is 1. The highest BCUT2D eigenvalue weighted by Gasteiger charge is 2.33. The van der Waals surface area contributed by atoms with E-state index < -0.39 is 28.3 Å². The second-order valence-corrected chi connectivity index (χ2v) is 9.82. The van der Waals surface area contributed by atoms with Crippen LogP contribution in [0.4, 0.5) is 10.1 Å². The molecule has 5 rings (SSSR count). The minimum Gasteiger partial charge on any atom is -0.463 e. The number of thiazole rings is 1. The molecular formula is C28H22FN3O6S. The van der Waals surface area contributed by atoms with Gasteiger partial charge in [-0.05, 0) is 62.2 Å². The number of ether oxygens (including phenoxy) is 1. The number of allylic oxidation sites excluding steroid dienone is 1. The second kappa shape index (κ2) is 10.3. The lowest BCUT2D eigenvalue weighted by Gasteiger charge is -2.24. The van der Waals surface area contributed by atoms with E-state index in [1.165, 1.54) is 41.0 Å². The molecule has 1 aliphatic heterocycles.